The number of nitrogens with one attached hydrogen (secondary N) is 1. The summed E-state index contributed by atoms with van der Waals surface area (Å²) in [6, 6.07) is 19.8. The van der Waals surface area contributed by atoms with Gasteiger partial charge in [-0.05, 0) is 62.1 Å². The number of carbonyl (C=O) groups is 2. The van der Waals surface area contributed by atoms with Crippen molar-refractivity contribution in [2.75, 3.05) is 17.4 Å². The van der Waals surface area contributed by atoms with Crippen molar-refractivity contribution in [3.05, 3.63) is 95.3 Å². The summed E-state index contributed by atoms with van der Waals surface area (Å²) in [5.74, 6) is -1.59. The monoisotopic (exact) mass is 587 g/mol. The van der Waals surface area contributed by atoms with Crippen molar-refractivity contribution in [3.8, 4) is 0 Å². The standard InChI is InChI=1S/C30H35ClFN3O4S/c1-4-22(3)33-30(37)28(5-2)34(19-18-23-12-8-6-9-13-23)29(36)21-35(24-16-17-27(32)26(31)20-24)40(38,39)25-14-10-7-11-15-25/h6-17,20,22,28H,4-5,18-19,21H2,1-3H3,(H,33,37)/t22-,28-/m0/s1. The van der Waals surface area contributed by atoms with E-state index in [1.54, 1.807) is 18.2 Å². The molecule has 7 nitrogen and oxygen atoms in total. The number of hydrogen-bond acceptors (Lipinski definition) is 4. The van der Waals surface area contributed by atoms with Crippen LogP contribution in [0.3, 0.4) is 0 Å². The number of rotatable bonds is 13. The third-order valence-corrected chi connectivity index (χ3v) is 8.75. The van der Waals surface area contributed by atoms with Crippen molar-refractivity contribution in [2.45, 2.75) is 57.0 Å². The highest BCUT2D eigenvalue weighted by Crippen LogP contribution is 2.28. The second-order valence-electron chi connectivity index (χ2n) is 9.49. The van der Waals surface area contributed by atoms with Gasteiger partial charge in [-0.25, -0.2) is 12.8 Å². The molecule has 3 rings (SSSR count). The van der Waals surface area contributed by atoms with Crippen molar-refractivity contribution >= 4 is 39.1 Å². The van der Waals surface area contributed by atoms with E-state index in [1.165, 1.54) is 29.2 Å². The summed E-state index contributed by atoms with van der Waals surface area (Å²) in [5, 5.41) is 2.67. The predicted octanol–water partition coefficient (Wildman–Crippen LogP) is 5.44. The van der Waals surface area contributed by atoms with Crippen LogP contribution < -0.4 is 9.62 Å². The lowest BCUT2D eigenvalue weighted by Gasteiger charge is -2.33. The van der Waals surface area contributed by atoms with Crippen molar-refractivity contribution in [1.82, 2.24) is 10.2 Å². The minimum atomic E-state index is -4.25. The van der Waals surface area contributed by atoms with Crippen LogP contribution in [0.5, 0.6) is 0 Å². The Morgan fingerprint density at radius 2 is 1.57 bits per heavy atom. The average molecular weight is 588 g/mol. The number of sulfonamides is 1. The van der Waals surface area contributed by atoms with Gasteiger partial charge < -0.3 is 10.2 Å². The number of amides is 2. The van der Waals surface area contributed by atoms with E-state index < -0.39 is 34.3 Å². The fourth-order valence-corrected chi connectivity index (χ4v) is 5.83. The Hall–Kier alpha value is -3.43. The highest BCUT2D eigenvalue weighted by molar-refractivity contribution is 7.92. The van der Waals surface area contributed by atoms with Gasteiger partial charge in [-0.2, -0.15) is 0 Å². The Balaban J connectivity index is 2.02. The second kappa shape index (κ2) is 14.3. The first kappa shape index (κ1) is 31.1. The van der Waals surface area contributed by atoms with E-state index in [2.05, 4.69) is 5.32 Å². The molecule has 0 aliphatic rings. The van der Waals surface area contributed by atoms with Crippen LogP contribution in [0.25, 0.3) is 0 Å². The van der Waals surface area contributed by atoms with Gasteiger partial charge in [0.2, 0.25) is 11.8 Å². The zero-order chi connectivity index (χ0) is 29.3. The molecule has 3 aromatic carbocycles. The molecule has 0 heterocycles. The van der Waals surface area contributed by atoms with Crippen LogP contribution in [0.4, 0.5) is 10.1 Å². The lowest BCUT2D eigenvalue weighted by Crippen LogP contribution is -2.54. The van der Waals surface area contributed by atoms with Gasteiger partial charge in [0.25, 0.3) is 10.0 Å². The summed E-state index contributed by atoms with van der Waals surface area (Å²) in [6.07, 6.45) is 1.51. The van der Waals surface area contributed by atoms with E-state index in [4.69, 9.17) is 11.6 Å². The minimum absolute atomic E-state index is 0.0312. The molecule has 1 N–H and O–H groups in total. The Bertz CT molecular complexity index is 1390. The highest BCUT2D eigenvalue weighted by atomic mass is 35.5. The van der Waals surface area contributed by atoms with E-state index in [-0.39, 0.29) is 34.1 Å². The molecular weight excluding hydrogens is 553 g/mol. The van der Waals surface area contributed by atoms with Crippen LogP contribution in [0, 0.1) is 5.82 Å². The lowest BCUT2D eigenvalue weighted by molar-refractivity contribution is -0.139. The lowest BCUT2D eigenvalue weighted by atomic mass is 10.1. The average Bonchev–Trinajstić information content (AvgIpc) is 2.96. The number of carbonyl (C=O) groups excluding carboxylic acids is 2. The molecule has 0 unspecified atom stereocenters. The van der Waals surface area contributed by atoms with Gasteiger partial charge in [-0.1, -0.05) is 74.0 Å². The molecule has 0 aliphatic carbocycles. The van der Waals surface area contributed by atoms with E-state index >= 15 is 0 Å². The van der Waals surface area contributed by atoms with Crippen LogP contribution in [-0.4, -0.2) is 50.3 Å². The molecule has 214 valence electrons. The Labute approximate surface area is 241 Å². The van der Waals surface area contributed by atoms with Crippen molar-refractivity contribution < 1.29 is 22.4 Å². The molecule has 40 heavy (non-hydrogen) atoms. The fourth-order valence-electron chi connectivity index (χ4n) is 4.23. The smallest absolute Gasteiger partial charge is 0.264 e. The number of anilines is 1. The summed E-state index contributed by atoms with van der Waals surface area (Å²) in [5.41, 5.74) is 1.00. The maximum atomic E-state index is 14.0. The number of nitrogens with zero attached hydrogens (tertiary/aromatic N) is 2. The molecular formula is C30H35ClFN3O4S. The molecule has 2 atom stereocenters. The molecule has 0 aromatic heterocycles. The SMILES string of the molecule is CC[C@H](C)NC(=O)[C@H](CC)N(CCc1ccccc1)C(=O)CN(c1ccc(F)c(Cl)c1)S(=O)(=O)c1ccccc1. The Kier molecular flexibility index (Phi) is 11.1. The highest BCUT2D eigenvalue weighted by Gasteiger charge is 2.33. The van der Waals surface area contributed by atoms with Gasteiger partial charge in [0.15, 0.2) is 0 Å². The minimum Gasteiger partial charge on any atom is -0.352 e. The molecule has 0 aliphatic heterocycles. The molecule has 3 aromatic rings. The third-order valence-electron chi connectivity index (χ3n) is 6.67. The van der Waals surface area contributed by atoms with Crippen LogP contribution in [0.1, 0.15) is 39.2 Å². The summed E-state index contributed by atoms with van der Waals surface area (Å²) < 4.78 is 42.4. The van der Waals surface area contributed by atoms with Crippen molar-refractivity contribution in [1.29, 1.82) is 0 Å². The van der Waals surface area contributed by atoms with E-state index in [9.17, 15) is 22.4 Å². The summed E-state index contributed by atoms with van der Waals surface area (Å²) >= 11 is 6.00. The van der Waals surface area contributed by atoms with E-state index in [0.717, 1.165) is 15.9 Å². The van der Waals surface area contributed by atoms with Gasteiger partial charge in [0, 0.05) is 12.6 Å². The fraction of sp³-hybridized carbons (Fsp3) is 0.333. The normalized spacial score (nSPS) is 12.8. The number of benzene rings is 3. The van der Waals surface area contributed by atoms with Gasteiger partial charge >= 0.3 is 0 Å². The first-order valence-electron chi connectivity index (χ1n) is 13.2. The van der Waals surface area contributed by atoms with Crippen molar-refractivity contribution in [2.24, 2.45) is 0 Å². The van der Waals surface area contributed by atoms with E-state index in [1.807, 2.05) is 51.1 Å². The van der Waals surface area contributed by atoms with Gasteiger partial charge in [-0.3, -0.25) is 13.9 Å². The number of hydrogen-bond donors (Lipinski definition) is 1. The molecule has 0 radical (unpaired) electrons. The Morgan fingerprint density at radius 1 is 0.950 bits per heavy atom. The molecule has 0 saturated carbocycles. The quantitative estimate of drug-likeness (QED) is 0.289. The van der Waals surface area contributed by atoms with Gasteiger partial charge in [0.1, 0.15) is 18.4 Å². The molecule has 0 saturated heterocycles. The number of halogens is 2. The first-order valence-corrected chi connectivity index (χ1v) is 15.1. The molecule has 0 bridgehead atoms. The summed E-state index contributed by atoms with van der Waals surface area (Å²) in [6.45, 7) is 5.22. The molecule has 10 heteroatoms. The van der Waals surface area contributed by atoms with E-state index in [0.29, 0.717) is 19.3 Å². The summed E-state index contributed by atoms with van der Waals surface area (Å²) in [4.78, 5) is 28.6. The zero-order valence-electron chi connectivity index (χ0n) is 22.9. The zero-order valence-corrected chi connectivity index (χ0v) is 24.5. The maximum absolute atomic E-state index is 14.0. The summed E-state index contributed by atoms with van der Waals surface area (Å²) in [7, 11) is -4.25. The maximum Gasteiger partial charge on any atom is 0.264 e. The van der Waals surface area contributed by atoms with Crippen LogP contribution in [0.15, 0.2) is 83.8 Å². The topological polar surface area (TPSA) is 86.8 Å². The second-order valence-corrected chi connectivity index (χ2v) is 11.8. The van der Waals surface area contributed by atoms with Crippen LogP contribution >= 0.6 is 11.6 Å². The van der Waals surface area contributed by atoms with Gasteiger partial charge in [-0.15, -0.1) is 0 Å². The largest absolute Gasteiger partial charge is 0.352 e. The predicted molar refractivity (Wildman–Crippen MR) is 156 cm³/mol. The van der Waals surface area contributed by atoms with Gasteiger partial charge in [0.05, 0.1) is 15.6 Å². The van der Waals surface area contributed by atoms with Crippen LogP contribution in [0.2, 0.25) is 5.02 Å². The third kappa shape index (κ3) is 7.82. The van der Waals surface area contributed by atoms with Crippen molar-refractivity contribution in [3.63, 3.8) is 0 Å². The molecule has 2 amide bonds. The molecule has 0 fully saturated rings. The molecule has 0 spiro atoms. The first-order chi connectivity index (χ1) is 19.1. The van der Waals surface area contributed by atoms with Crippen LogP contribution in [-0.2, 0) is 26.0 Å². The Morgan fingerprint density at radius 3 is 2.15 bits per heavy atom.